The Kier molecular flexibility index (Phi) is 9.55. The Balaban J connectivity index is 1.66. The van der Waals surface area contributed by atoms with E-state index < -0.39 is 6.00 Å². The maximum atomic E-state index is 6.67. The minimum atomic E-state index is -2.72. The smallest absolute Gasteiger partial charge is 0.126 e. The molecule has 3 rings (SSSR count). The van der Waals surface area contributed by atoms with Crippen LogP contribution in [-0.2, 0) is 0 Å². The van der Waals surface area contributed by atoms with Crippen LogP contribution in [0.2, 0.25) is 5.54 Å². The minimum Gasteiger partial charge on any atom is -0.126 e. The van der Waals surface area contributed by atoms with Crippen LogP contribution in [0.1, 0.15) is 89.9 Å². The molecule has 28 heavy (non-hydrogen) atoms. The number of halogens is 3. The topological polar surface area (TPSA) is 0 Å². The van der Waals surface area contributed by atoms with Crippen LogP contribution in [0.3, 0.4) is 0 Å². The summed E-state index contributed by atoms with van der Waals surface area (Å²) in [6.45, 7) is 0. The van der Waals surface area contributed by atoms with Crippen LogP contribution in [0, 0.1) is 17.8 Å². The fraction of sp³-hybridized carbons (Fsp3) is 0.750. The molecule has 0 aromatic heterocycles. The third kappa shape index (κ3) is 7.53. The lowest BCUT2D eigenvalue weighted by Gasteiger charge is -2.34. The second-order valence-corrected chi connectivity index (χ2v) is 18.3. The molecule has 0 nitrogen and oxygen atoms in total. The van der Waals surface area contributed by atoms with Crippen molar-refractivity contribution < 1.29 is 0 Å². The van der Waals surface area contributed by atoms with Crippen molar-refractivity contribution in [2.75, 3.05) is 0 Å². The molecule has 3 aliphatic carbocycles. The maximum Gasteiger partial charge on any atom is 0.344 e. The van der Waals surface area contributed by atoms with Crippen LogP contribution in [-0.4, -0.2) is 6.00 Å². The quantitative estimate of drug-likeness (QED) is 0.183. The zero-order chi connectivity index (χ0) is 19.8. The first-order valence-electron chi connectivity index (χ1n) is 11.6. The summed E-state index contributed by atoms with van der Waals surface area (Å²) in [5.41, 5.74) is 1.83. The van der Waals surface area contributed by atoms with E-state index >= 15 is 0 Å². The van der Waals surface area contributed by atoms with Crippen molar-refractivity contribution in [3.8, 4) is 0 Å². The Hall–Kier alpha value is 0.307. The molecule has 4 unspecified atom stereocenters. The van der Waals surface area contributed by atoms with Crippen LogP contribution < -0.4 is 0 Å². The van der Waals surface area contributed by atoms with Gasteiger partial charge in [-0.1, -0.05) is 36.0 Å². The van der Waals surface area contributed by atoms with Gasteiger partial charge in [0.05, 0.1) is 0 Å². The Morgan fingerprint density at radius 1 is 0.964 bits per heavy atom. The lowest BCUT2D eigenvalue weighted by atomic mass is 9.76. The van der Waals surface area contributed by atoms with Gasteiger partial charge < -0.3 is 0 Å². The Morgan fingerprint density at radius 2 is 1.86 bits per heavy atom. The molecule has 4 atom stereocenters. The summed E-state index contributed by atoms with van der Waals surface area (Å²) in [5.74, 6) is 2.24. The van der Waals surface area contributed by atoms with Gasteiger partial charge >= 0.3 is 6.00 Å². The van der Waals surface area contributed by atoms with Crippen LogP contribution in [0.15, 0.2) is 36.0 Å². The molecule has 4 heteroatoms. The fourth-order valence-electron chi connectivity index (χ4n) is 5.41. The maximum absolute atomic E-state index is 6.67. The third-order valence-electron chi connectivity index (χ3n) is 7.16. The van der Waals surface area contributed by atoms with Gasteiger partial charge in [0.25, 0.3) is 0 Å². The van der Waals surface area contributed by atoms with Crippen molar-refractivity contribution in [2.45, 2.75) is 95.4 Å². The lowest BCUT2D eigenvalue weighted by molar-refractivity contribution is 0.277. The highest BCUT2D eigenvalue weighted by molar-refractivity contribution is 7.65. The summed E-state index contributed by atoms with van der Waals surface area (Å²) in [6, 6.07) is -2.72. The van der Waals surface area contributed by atoms with E-state index in [1.807, 2.05) is 0 Å². The van der Waals surface area contributed by atoms with E-state index in [4.69, 9.17) is 33.2 Å². The number of allylic oxidation sites excluding steroid dienone is 6. The fourth-order valence-corrected chi connectivity index (χ4v) is 7.97. The van der Waals surface area contributed by atoms with E-state index in [-0.39, 0.29) is 5.54 Å². The number of hydrogen-bond acceptors (Lipinski definition) is 0. The largest absolute Gasteiger partial charge is 0.344 e. The van der Waals surface area contributed by atoms with E-state index in [9.17, 15) is 0 Å². The standard InChI is InChI=1S/C24H37Cl3Si/c25-28(26,27)24(18-21-12-6-2-7-13-21)19-23(22-14-8-3-9-15-22)17-16-20-10-4-1-5-11-20/h1,4,8,12,14,20,22-24H,2-3,5-7,9-11,13,15-19H2. The van der Waals surface area contributed by atoms with Gasteiger partial charge in [-0.05, 0) is 113 Å². The van der Waals surface area contributed by atoms with Crippen molar-refractivity contribution in [1.29, 1.82) is 0 Å². The molecule has 0 spiro atoms. The van der Waals surface area contributed by atoms with Gasteiger partial charge in [0.2, 0.25) is 0 Å². The van der Waals surface area contributed by atoms with Gasteiger partial charge in [-0.2, -0.15) is 0 Å². The highest BCUT2D eigenvalue weighted by atomic mass is 35.8. The second-order valence-electron chi connectivity index (χ2n) is 9.30. The zero-order valence-electron chi connectivity index (χ0n) is 17.2. The Labute approximate surface area is 187 Å². The van der Waals surface area contributed by atoms with Gasteiger partial charge in [-0.15, -0.1) is 33.2 Å². The first-order chi connectivity index (χ1) is 13.5. The van der Waals surface area contributed by atoms with Gasteiger partial charge in [0.15, 0.2) is 0 Å². The van der Waals surface area contributed by atoms with E-state index in [1.54, 1.807) is 5.57 Å². The molecule has 3 aliphatic rings. The minimum absolute atomic E-state index is 0.272. The molecule has 158 valence electrons. The molecule has 0 aliphatic heterocycles. The molecule has 0 aromatic rings. The molecule has 0 fully saturated rings. The van der Waals surface area contributed by atoms with E-state index in [1.165, 1.54) is 77.0 Å². The average molecular weight is 460 g/mol. The summed E-state index contributed by atoms with van der Waals surface area (Å²) >= 11 is 20.0. The predicted molar refractivity (Wildman–Crippen MR) is 129 cm³/mol. The summed E-state index contributed by atoms with van der Waals surface area (Å²) in [5, 5.41) is 0. The van der Waals surface area contributed by atoms with E-state index in [0.29, 0.717) is 11.8 Å². The molecule has 0 aromatic carbocycles. The van der Waals surface area contributed by atoms with Crippen LogP contribution in [0.4, 0.5) is 0 Å². The first kappa shape index (κ1) is 23.0. The monoisotopic (exact) mass is 458 g/mol. The highest BCUT2D eigenvalue weighted by Gasteiger charge is 2.39. The first-order valence-corrected chi connectivity index (χ1v) is 16.7. The van der Waals surface area contributed by atoms with Crippen molar-refractivity contribution >= 4 is 39.2 Å². The Morgan fingerprint density at radius 3 is 2.50 bits per heavy atom. The highest BCUT2D eigenvalue weighted by Crippen LogP contribution is 2.47. The average Bonchev–Trinajstić information content (AvgIpc) is 2.71. The van der Waals surface area contributed by atoms with Gasteiger partial charge in [-0.3, -0.25) is 0 Å². The summed E-state index contributed by atoms with van der Waals surface area (Å²) < 4.78 is 0. The second kappa shape index (κ2) is 11.6. The molecule has 0 N–H and O–H groups in total. The van der Waals surface area contributed by atoms with Crippen LogP contribution >= 0.6 is 33.2 Å². The number of rotatable bonds is 9. The van der Waals surface area contributed by atoms with E-state index in [2.05, 4.69) is 30.4 Å². The van der Waals surface area contributed by atoms with Gasteiger partial charge in [0, 0.05) is 0 Å². The Bertz CT molecular complexity index is 561. The predicted octanol–water partition coefficient (Wildman–Crippen LogP) is 9.40. The molecular weight excluding hydrogens is 423 g/mol. The molecule has 0 saturated carbocycles. The molecule has 0 heterocycles. The van der Waals surface area contributed by atoms with Gasteiger partial charge in [0.1, 0.15) is 0 Å². The van der Waals surface area contributed by atoms with Crippen molar-refractivity contribution in [3.05, 3.63) is 36.0 Å². The summed E-state index contributed by atoms with van der Waals surface area (Å²) in [4.78, 5) is 0. The van der Waals surface area contributed by atoms with Crippen molar-refractivity contribution in [3.63, 3.8) is 0 Å². The van der Waals surface area contributed by atoms with E-state index in [0.717, 1.165) is 18.8 Å². The van der Waals surface area contributed by atoms with Crippen LogP contribution in [0.5, 0.6) is 0 Å². The van der Waals surface area contributed by atoms with Crippen molar-refractivity contribution in [1.82, 2.24) is 0 Å². The molecule has 0 bridgehead atoms. The van der Waals surface area contributed by atoms with Gasteiger partial charge in [-0.25, -0.2) is 0 Å². The number of hydrogen-bond donors (Lipinski definition) is 0. The normalized spacial score (nSPS) is 28.0. The molecule has 0 radical (unpaired) electrons. The lowest BCUT2D eigenvalue weighted by Crippen LogP contribution is -2.27. The zero-order valence-corrected chi connectivity index (χ0v) is 20.5. The molecular formula is C24H37Cl3Si. The third-order valence-corrected chi connectivity index (χ3v) is 11.3. The van der Waals surface area contributed by atoms with Crippen LogP contribution in [0.25, 0.3) is 0 Å². The SMILES string of the molecule is Cl[Si](Cl)(Cl)C(CC1=CCCCC1)CC(CCC1CC=CCC1)C1C=CCCC1. The summed E-state index contributed by atoms with van der Waals surface area (Å²) in [6.07, 6.45) is 29.7. The van der Waals surface area contributed by atoms with Crippen molar-refractivity contribution in [2.24, 2.45) is 17.8 Å². The summed E-state index contributed by atoms with van der Waals surface area (Å²) in [7, 11) is 0. The molecule has 0 amide bonds. The molecule has 0 saturated heterocycles.